The third kappa shape index (κ3) is 4.79. The SMILES string of the molecule is COc1ccc(C(=O)Nc2c(Cl)cncc2Cl)cc1OCc1nc(-c2ccccn2)no1. The molecule has 0 aliphatic rings. The Morgan fingerprint density at radius 3 is 2.66 bits per heavy atom. The number of amides is 1. The Hall–Kier alpha value is -3.69. The van der Waals surface area contributed by atoms with Crippen molar-refractivity contribution in [3.8, 4) is 23.0 Å². The van der Waals surface area contributed by atoms with Gasteiger partial charge in [-0.1, -0.05) is 34.4 Å². The van der Waals surface area contributed by atoms with Gasteiger partial charge in [0, 0.05) is 24.2 Å². The van der Waals surface area contributed by atoms with Crippen LogP contribution in [0.2, 0.25) is 10.0 Å². The van der Waals surface area contributed by atoms with Gasteiger partial charge in [-0.3, -0.25) is 14.8 Å². The average Bonchev–Trinajstić information content (AvgIpc) is 3.29. The molecule has 0 unspecified atom stereocenters. The van der Waals surface area contributed by atoms with Crippen LogP contribution in [0.5, 0.6) is 11.5 Å². The number of benzene rings is 1. The summed E-state index contributed by atoms with van der Waals surface area (Å²) in [5.41, 5.74) is 1.14. The third-order valence-electron chi connectivity index (χ3n) is 4.23. The number of nitrogens with one attached hydrogen (secondary N) is 1. The number of carbonyl (C=O) groups is 1. The molecule has 32 heavy (non-hydrogen) atoms. The predicted molar refractivity (Wildman–Crippen MR) is 117 cm³/mol. The zero-order valence-corrected chi connectivity index (χ0v) is 18.1. The monoisotopic (exact) mass is 471 g/mol. The summed E-state index contributed by atoms with van der Waals surface area (Å²) < 4.78 is 16.3. The smallest absolute Gasteiger partial charge is 0.264 e. The molecule has 0 fully saturated rings. The molecular formula is C21H15Cl2N5O4. The fourth-order valence-electron chi connectivity index (χ4n) is 2.70. The van der Waals surface area contributed by atoms with E-state index in [0.29, 0.717) is 28.6 Å². The van der Waals surface area contributed by atoms with E-state index in [0.717, 1.165) is 0 Å². The van der Waals surface area contributed by atoms with Gasteiger partial charge in [-0.15, -0.1) is 0 Å². The number of carbonyl (C=O) groups excluding carboxylic acids is 1. The first-order chi connectivity index (χ1) is 15.5. The van der Waals surface area contributed by atoms with E-state index in [1.807, 2.05) is 6.07 Å². The number of nitrogens with zero attached hydrogens (tertiary/aromatic N) is 4. The lowest BCUT2D eigenvalue weighted by Gasteiger charge is -2.12. The van der Waals surface area contributed by atoms with Crippen LogP contribution < -0.4 is 14.8 Å². The molecule has 1 N–H and O–H groups in total. The molecule has 1 aromatic carbocycles. The summed E-state index contributed by atoms with van der Waals surface area (Å²) in [5.74, 6) is 0.867. The Bertz CT molecular complexity index is 1230. The second-order valence-electron chi connectivity index (χ2n) is 6.31. The Kier molecular flexibility index (Phi) is 6.48. The molecule has 1 amide bonds. The molecule has 11 heteroatoms. The minimum absolute atomic E-state index is 0.0384. The Balaban J connectivity index is 1.50. The number of methoxy groups -OCH3 is 1. The molecule has 0 radical (unpaired) electrons. The highest BCUT2D eigenvalue weighted by Gasteiger charge is 2.16. The number of anilines is 1. The van der Waals surface area contributed by atoms with Crippen molar-refractivity contribution < 1.29 is 18.8 Å². The van der Waals surface area contributed by atoms with E-state index in [-0.39, 0.29) is 28.2 Å². The second-order valence-corrected chi connectivity index (χ2v) is 7.13. The van der Waals surface area contributed by atoms with Crippen molar-refractivity contribution in [1.82, 2.24) is 20.1 Å². The molecule has 0 spiro atoms. The normalized spacial score (nSPS) is 10.6. The van der Waals surface area contributed by atoms with Crippen LogP contribution >= 0.6 is 23.2 Å². The van der Waals surface area contributed by atoms with E-state index in [9.17, 15) is 4.79 Å². The number of pyridine rings is 2. The maximum absolute atomic E-state index is 12.7. The largest absolute Gasteiger partial charge is 0.493 e. The van der Waals surface area contributed by atoms with Gasteiger partial charge in [0.2, 0.25) is 5.82 Å². The van der Waals surface area contributed by atoms with Gasteiger partial charge in [0.15, 0.2) is 18.1 Å². The molecule has 4 aromatic rings. The van der Waals surface area contributed by atoms with E-state index in [2.05, 4.69) is 25.4 Å². The van der Waals surface area contributed by atoms with Gasteiger partial charge in [-0.05, 0) is 30.3 Å². The van der Waals surface area contributed by atoms with Crippen molar-refractivity contribution in [3.05, 3.63) is 76.5 Å². The zero-order chi connectivity index (χ0) is 22.5. The number of hydrogen-bond donors (Lipinski definition) is 1. The van der Waals surface area contributed by atoms with Gasteiger partial charge in [0.1, 0.15) is 5.69 Å². The van der Waals surface area contributed by atoms with Crippen molar-refractivity contribution in [2.24, 2.45) is 0 Å². The van der Waals surface area contributed by atoms with E-state index in [1.54, 1.807) is 30.5 Å². The van der Waals surface area contributed by atoms with Gasteiger partial charge in [0.25, 0.3) is 11.8 Å². The molecule has 0 atom stereocenters. The number of aromatic nitrogens is 4. The molecule has 0 saturated carbocycles. The Morgan fingerprint density at radius 1 is 1.12 bits per heavy atom. The first-order valence-corrected chi connectivity index (χ1v) is 9.96. The summed E-state index contributed by atoms with van der Waals surface area (Å²) in [4.78, 5) is 25.0. The molecule has 3 aromatic heterocycles. The fourth-order valence-corrected chi connectivity index (χ4v) is 3.16. The second kappa shape index (κ2) is 9.63. The van der Waals surface area contributed by atoms with Crippen LogP contribution in [-0.2, 0) is 6.61 Å². The summed E-state index contributed by atoms with van der Waals surface area (Å²) in [6, 6.07) is 10.1. The maximum Gasteiger partial charge on any atom is 0.264 e. The average molecular weight is 472 g/mol. The fraction of sp³-hybridized carbons (Fsp3) is 0.0952. The van der Waals surface area contributed by atoms with Crippen LogP contribution in [0, 0.1) is 0 Å². The number of hydrogen-bond acceptors (Lipinski definition) is 8. The first-order valence-electron chi connectivity index (χ1n) is 9.20. The molecule has 0 aliphatic carbocycles. The van der Waals surface area contributed by atoms with Crippen LogP contribution in [0.25, 0.3) is 11.5 Å². The minimum Gasteiger partial charge on any atom is -0.493 e. The van der Waals surface area contributed by atoms with Crippen molar-refractivity contribution in [2.75, 3.05) is 12.4 Å². The number of rotatable bonds is 7. The quantitative estimate of drug-likeness (QED) is 0.413. The lowest BCUT2D eigenvalue weighted by atomic mass is 10.2. The molecule has 9 nitrogen and oxygen atoms in total. The standard InChI is InChI=1S/C21H15Cl2N5O4/c1-30-16-6-5-12(21(29)27-19-13(22)9-24-10-14(19)23)8-17(16)31-11-18-26-20(28-32-18)15-4-2-3-7-25-15/h2-10H,11H2,1H3,(H,24,27,29). The summed E-state index contributed by atoms with van der Waals surface area (Å²) >= 11 is 12.1. The van der Waals surface area contributed by atoms with Gasteiger partial charge < -0.3 is 19.3 Å². The molecule has 3 heterocycles. The molecule has 0 bridgehead atoms. The minimum atomic E-state index is -0.442. The molecule has 4 rings (SSSR count). The highest BCUT2D eigenvalue weighted by atomic mass is 35.5. The van der Waals surface area contributed by atoms with E-state index in [1.165, 1.54) is 25.6 Å². The summed E-state index contributed by atoms with van der Waals surface area (Å²) in [6.07, 6.45) is 4.40. The Morgan fingerprint density at radius 2 is 1.94 bits per heavy atom. The van der Waals surface area contributed by atoms with E-state index in [4.69, 9.17) is 37.2 Å². The van der Waals surface area contributed by atoms with Gasteiger partial charge in [-0.2, -0.15) is 4.98 Å². The summed E-state index contributed by atoms with van der Waals surface area (Å²) in [5, 5.41) is 7.00. The van der Waals surface area contributed by atoms with Crippen molar-refractivity contribution in [3.63, 3.8) is 0 Å². The van der Waals surface area contributed by atoms with Gasteiger partial charge >= 0.3 is 0 Å². The van der Waals surface area contributed by atoms with Crippen LogP contribution in [0.4, 0.5) is 5.69 Å². The number of ether oxygens (including phenoxy) is 2. The molecular weight excluding hydrogens is 457 g/mol. The molecule has 0 aliphatic heterocycles. The van der Waals surface area contributed by atoms with Crippen LogP contribution in [-0.4, -0.2) is 33.1 Å². The van der Waals surface area contributed by atoms with Crippen molar-refractivity contribution in [1.29, 1.82) is 0 Å². The van der Waals surface area contributed by atoms with E-state index >= 15 is 0 Å². The summed E-state index contributed by atoms with van der Waals surface area (Å²) in [7, 11) is 1.49. The molecule has 0 saturated heterocycles. The van der Waals surface area contributed by atoms with Crippen LogP contribution in [0.3, 0.4) is 0 Å². The summed E-state index contributed by atoms with van der Waals surface area (Å²) in [6.45, 7) is -0.0384. The van der Waals surface area contributed by atoms with Crippen LogP contribution in [0.15, 0.2) is 59.5 Å². The zero-order valence-electron chi connectivity index (χ0n) is 16.6. The predicted octanol–water partition coefficient (Wildman–Crippen LogP) is 4.67. The lowest BCUT2D eigenvalue weighted by Crippen LogP contribution is -2.13. The molecule has 162 valence electrons. The maximum atomic E-state index is 12.7. The topological polar surface area (TPSA) is 112 Å². The highest BCUT2D eigenvalue weighted by molar-refractivity contribution is 6.39. The number of halogens is 2. The lowest BCUT2D eigenvalue weighted by molar-refractivity contribution is 0.102. The van der Waals surface area contributed by atoms with Gasteiger partial charge in [-0.25, -0.2) is 0 Å². The highest BCUT2D eigenvalue weighted by Crippen LogP contribution is 2.32. The third-order valence-corrected chi connectivity index (χ3v) is 4.80. The van der Waals surface area contributed by atoms with Gasteiger partial charge in [0.05, 0.1) is 22.8 Å². The van der Waals surface area contributed by atoms with Crippen molar-refractivity contribution >= 4 is 34.8 Å². The Labute approximate surface area is 192 Å². The first kappa shape index (κ1) is 21.5. The van der Waals surface area contributed by atoms with Crippen LogP contribution in [0.1, 0.15) is 16.2 Å². The van der Waals surface area contributed by atoms with E-state index < -0.39 is 5.91 Å². The van der Waals surface area contributed by atoms with Crippen molar-refractivity contribution in [2.45, 2.75) is 6.61 Å².